The van der Waals surface area contributed by atoms with Crippen molar-refractivity contribution in [1.82, 2.24) is 77.6 Å². The molecule has 12 aromatic rings. The molecule has 0 aliphatic heterocycles. The van der Waals surface area contributed by atoms with Crippen molar-refractivity contribution in [2.75, 3.05) is 69.6 Å². The minimum absolute atomic E-state index is 0.0150. The first-order valence-corrected chi connectivity index (χ1v) is 42.2. The van der Waals surface area contributed by atoms with Crippen molar-refractivity contribution in [3.63, 3.8) is 0 Å². The molecule has 640 valence electrons. The van der Waals surface area contributed by atoms with Crippen molar-refractivity contribution >= 4 is 137 Å². The smallest absolute Gasteiger partial charge is 0.322 e. The molecule has 0 radical (unpaired) electrons. The monoisotopic (exact) mass is 1810 g/mol. The Morgan fingerprint density at radius 1 is 0.435 bits per heavy atom. The third-order valence-corrected chi connectivity index (χ3v) is 23.3. The number of fused-ring (bicyclic) bond motifs is 4. The summed E-state index contributed by atoms with van der Waals surface area (Å²) in [5.41, 5.74) is 23.1. The Hall–Kier alpha value is -14.5. The van der Waals surface area contributed by atoms with Crippen LogP contribution in [0.4, 0.5) is 46.0 Å². The summed E-state index contributed by atoms with van der Waals surface area (Å²) < 4.78 is 14.0. The number of nitrogens with two attached hydrogens (primary N) is 2. The van der Waals surface area contributed by atoms with Crippen LogP contribution in [0.15, 0.2) is 123 Å². The summed E-state index contributed by atoms with van der Waals surface area (Å²) in [4.78, 5) is 77.2. The van der Waals surface area contributed by atoms with Crippen molar-refractivity contribution in [3.8, 4) is 56.6 Å². The Morgan fingerprint density at radius 3 is 1.05 bits per heavy atom. The van der Waals surface area contributed by atoms with Crippen molar-refractivity contribution in [2.24, 2.45) is 23.7 Å². The van der Waals surface area contributed by atoms with E-state index >= 15 is 0 Å². The van der Waals surface area contributed by atoms with E-state index in [2.05, 4.69) is 125 Å². The second-order valence-electron chi connectivity index (χ2n) is 29.8. The summed E-state index contributed by atoms with van der Waals surface area (Å²) in [6.07, 6.45) is 41.5. The molecule has 2 amide bonds. The highest BCUT2D eigenvalue weighted by molar-refractivity contribution is 9.09. The van der Waals surface area contributed by atoms with E-state index in [9.17, 15) is 39.3 Å². The number of amides is 2. The van der Waals surface area contributed by atoms with Crippen molar-refractivity contribution < 1.29 is 49.2 Å². The Bertz CT molecular complexity index is 6010. The van der Waals surface area contributed by atoms with Crippen molar-refractivity contribution in [3.05, 3.63) is 169 Å². The Balaban J connectivity index is 0.000000155. The number of halogens is 2. The van der Waals surface area contributed by atoms with Crippen LogP contribution in [0.25, 0.3) is 86.0 Å². The van der Waals surface area contributed by atoms with Gasteiger partial charge in [0.05, 0.1) is 133 Å². The number of hydrogen-bond donors (Lipinski definition) is 10. The number of hydrogen-bond acceptors (Lipinski definition) is 20. The summed E-state index contributed by atoms with van der Waals surface area (Å²) in [7, 11) is 0. The Morgan fingerprint density at radius 2 is 0.726 bits per heavy atom. The van der Waals surface area contributed by atoms with Gasteiger partial charge in [-0.05, 0) is 124 Å². The average molecular weight is 1810 g/mol. The van der Waals surface area contributed by atoms with Crippen LogP contribution in [0.1, 0.15) is 140 Å². The third-order valence-electron chi connectivity index (χ3n) is 22.3. The number of aromatic nitrogens is 16. The molecule has 4 fully saturated rings. The lowest BCUT2D eigenvalue weighted by atomic mass is 9.96. The van der Waals surface area contributed by atoms with Crippen molar-refractivity contribution in [2.45, 2.75) is 140 Å². The number of rotatable bonds is 28. The van der Waals surface area contributed by atoms with E-state index < -0.39 is 23.9 Å². The van der Waals surface area contributed by atoms with Crippen LogP contribution in [-0.2, 0) is 28.8 Å². The van der Waals surface area contributed by atoms with E-state index in [1.165, 1.54) is 70.0 Å². The summed E-state index contributed by atoms with van der Waals surface area (Å²) in [6, 6.07) is 19.2. The highest BCUT2D eigenvalue weighted by atomic mass is 79.9. The quantitative estimate of drug-likeness (QED) is 0.0124. The molecule has 12 heterocycles. The topological polar surface area (TPSA) is 489 Å². The van der Waals surface area contributed by atoms with Gasteiger partial charge in [0.1, 0.15) is 59.1 Å². The predicted octanol–water partition coefficient (Wildman–Crippen LogP) is 14.7. The number of nitrogens with one attached hydrogen (secondary N) is 4. The molecule has 124 heavy (non-hydrogen) atoms. The minimum Gasteiger partial charge on any atom is -0.481 e. The maximum atomic E-state index is 11.2. The highest BCUT2D eigenvalue weighted by Crippen LogP contribution is 2.44. The van der Waals surface area contributed by atoms with Crippen LogP contribution >= 0.6 is 31.9 Å². The van der Waals surface area contributed by atoms with Crippen molar-refractivity contribution in [1.29, 1.82) is 10.5 Å². The fourth-order valence-electron chi connectivity index (χ4n) is 16.8. The minimum atomic E-state index is -0.980. The number of carbonyl (C=O) groups is 6. The molecule has 38 nitrogen and oxygen atoms in total. The molecule has 4 atom stereocenters. The van der Waals surface area contributed by atoms with Gasteiger partial charge in [-0.3, -0.25) is 47.5 Å². The van der Waals surface area contributed by atoms with Crippen LogP contribution in [0, 0.1) is 72.6 Å². The molecular weight excluding hydrogens is 1720 g/mol. The van der Waals surface area contributed by atoms with Gasteiger partial charge < -0.3 is 62.9 Å². The molecule has 4 unspecified atom stereocenters. The van der Waals surface area contributed by atoms with Gasteiger partial charge in [0.2, 0.25) is 37.3 Å². The van der Waals surface area contributed by atoms with Gasteiger partial charge in [0.15, 0.2) is 0 Å². The van der Waals surface area contributed by atoms with Gasteiger partial charge in [0.25, 0.3) is 0 Å². The molecule has 4 saturated carbocycles. The lowest BCUT2D eigenvalue weighted by Crippen LogP contribution is -2.20. The van der Waals surface area contributed by atoms with Gasteiger partial charge in [-0.1, -0.05) is 83.2 Å². The molecule has 0 aromatic carbocycles. The zero-order valence-corrected chi connectivity index (χ0v) is 70.5. The van der Waals surface area contributed by atoms with E-state index in [0.717, 1.165) is 101 Å². The number of nitrogens with zero attached hydrogens (tertiary/aromatic N) is 22. The zero-order chi connectivity index (χ0) is 88.3. The summed E-state index contributed by atoms with van der Waals surface area (Å²) in [5.74, 6) is 0.355. The molecule has 40 heteroatoms. The van der Waals surface area contributed by atoms with Gasteiger partial charge in [-0.2, -0.15) is 51.3 Å². The summed E-state index contributed by atoms with van der Waals surface area (Å²) in [5, 5.41) is 98.3. The van der Waals surface area contributed by atoms with E-state index in [0.29, 0.717) is 125 Å². The number of carboxylic acid groups (broad SMARTS) is 4. The fraction of sp³-hybridized carbons (Fsp3) is 0.381. The number of aliphatic carboxylic acids is 4. The Kier molecular flexibility index (Phi) is 31.8. The average Bonchev–Trinajstić information content (AvgIpc) is 1.63. The van der Waals surface area contributed by atoms with Gasteiger partial charge >= 0.3 is 23.9 Å². The summed E-state index contributed by atoms with van der Waals surface area (Å²) >= 11 is 5.43. The first-order chi connectivity index (χ1) is 60.2. The molecule has 16 rings (SSSR count). The Labute approximate surface area is 728 Å². The summed E-state index contributed by atoms with van der Waals surface area (Å²) in [6.45, 7) is 30.1. The van der Waals surface area contributed by atoms with Gasteiger partial charge in [-0.25, -0.2) is 40.9 Å². The largest absolute Gasteiger partial charge is 0.481 e. The van der Waals surface area contributed by atoms with Crippen LogP contribution < -0.4 is 32.7 Å². The second kappa shape index (κ2) is 43.7. The molecule has 4 aliphatic carbocycles. The molecule has 0 bridgehead atoms. The standard InChI is InChI=1S/C21H23N7O3.C21H21N7O2.C19H21N7O.C19H19N7.2C2H3BrO2/c22-8-7-17(14-3-1-2-4-14)27-12-15(9-25-27)21-16(24-13-29)10-26-28-18(21)5-6-19(28)23-11-20(30)31;1-22-11-18(14-5-3-4-6-14)27-13-15(9-25-27)21-16(23-2)10-26-28-17(21)7-8-19(28)24-12-20(29)30;20-8-7-16(13-3-1-2-4-13)25-11-14(9-23-25)19-15(22-12-27)10-24-26-17(19)5-6-18(26)21;1-21-11-17(13-5-3-4-6-13)25-12-14(9-23-25)19-15(22-2)10-24-26-16(19)7-8-18(26)20;2*3-1-2(4)5/h5-6,9-10,12-14,17,23H,1-4,7,11H2,(H,24,29)(H,30,31);7-10,13-14,18,24H,3-6,11-12H2,(H,29,30);5-6,9-13,16H,1-4,7,21H2,(H,22,27);7-10,12-13,17H,3-6,11,20H2;2*1H2,(H,4,5). The van der Waals surface area contributed by atoms with Crippen LogP contribution in [-0.4, -0.2) is 172 Å². The number of nitrogen functional groups attached to an aromatic ring is 2. The molecular formula is C84H90Br2N28O10. The lowest BCUT2D eigenvalue weighted by molar-refractivity contribution is -0.136. The van der Waals surface area contributed by atoms with E-state index in [-0.39, 0.29) is 47.9 Å². The first-order valence-electron chi connectivity index (χ1n) is 40.0. The number of anilines is 6. The van der Waals surface area contributed by atoms with Crippen LogP contribution in [0.5, 0.6) is 0 Å². The molecule has 12 N–H and O–H groups in total. The zero-order valence-electron chi connectivity index (χ0n) is 67.3. The number of nitriles is 2. The van der Waals surface area contributed by atoms with Crippen LogP contribution in [0.3, 0.4) is 0 Å². The normalized spacial score (nSPS) is 14.7. The predicted molar refractivity (Wildman–Crippen MR) is 469 cm³/mol. The van der Waals surface area contributed by atoms with E-state index in [4.69, 9.17) is 58.2 Å². The number of carboxylic acids is 4. The van der Waals surface area contributed by atoms with E-state index in [1.807, 2.05) is 67.8 Å². The maximum Gasteiger partial charge on any atom is 0.322 e. The molecule has 12 aromatic heterocycles. The maximum absolute atomic E-state index is 11.2. The highest BCUT2D eigenvalue weighted by Gasteiger charge is 2.34. The molecule has 4 aliphatic rings. The second-order valence-corrected chi connectivity index (χ2v) is 30.9. The van der Waals surface area contributed by atoms with E-state index in [1.54, 1.807) is 73.3 Å². The van der Waals surface area contributed by atoms with Gasteiger partial charge in [0, 0.05) is 69.3 Å². The van der Waals surface area contributed by atoms with Gasteiger partial charge in [-0.15, -0.1) is 0 Å². The van der Waals surface area contributed by atoms with Crippen LogP contribution in [0.2, 0.25) is 0 Å². The fourth-order valence-corrected chi connectivity index (χ4v) is 16.8. The SMILES string of the molecule is N#CCC(C1CCCC1)n1cc(-c2c(NC=O)cnn3c(N)ccc23)cn1.N#CCC(C1CCCC1)n1cc(-c2c(NC=O)cnn3c(NCC(=O)O)ccc23)cn1.O=C(O)CBr.O=C(O)CBr.[C-]#[N+]CC(C1CCCC1)n1cc(-c2c([N+]#[C-])cnn3c(N)ccc23)cn1.[C-]#[N+]CC(C1CCCC1)n1cc(-c2c([N+]#[C-])cnn3c(NCC(=O)O)ccc23)cn1. The third kappa shape index (κ3) is 21.6. The molecule has 0 saturated heterocycles. The number of carbonyl (C=O) groups excluding carboxylic acids is 2. The first kappa shape index (κ1) is 90.3. The lowest BCUT2D eigenvalue weighted by Gasteiger charge is -2.21. The molecule has 0 spiro atoms. The number of alkyl halides is 2.